The molecule has 0 radical (unpaired) electrons. The van der Waals surface area contributed by atoms with Crippen molar-refractivity contribution in [2.24, 2.45) is 0 Å². The van der Waals surface area contributed by atoms with E-state index in [1.807, 2.05) is 6.07 Å². The lowest BCUT2D eigenvalue weighted by molar-refractivity contribution is 0.0991. The van der Waals surface area contributed by atoms with Crippen LogP contribution in [0.25, 0.3) is 0 Å². The molecule has 0 N–H and O–H groups in total. The lowest BCUT2D eigenvalue weighted by atomic mass is 10.1. The lowest BCUT2D eigenvalue weighted by Gasteiger charge is -2.37. The summed E-state index contributed by atoms with van der Waals surface area (Å²) in [5, 5.41) is 0. The standard InChI is InChI=1S/C14H18BrFN2/c15-14-11(3-1-5-13(14)16)9-17-7-8-18-6-2-4-12(18)10-17/h1,3,5,12H,2,4,6-10H2. The molecule has 1 atom stereocenters. The van der Waals surface area contributed by atoms with E-state index < -0.39 is 0 Å². The Morgan fingerprint density at radius 2 is 2.17 bits per heavy atom. The minimum atomic E-state index is -0.160. The number of nitrogens with zero attached hydrogens (tertiary/aromatic N) is 2. The topological polar surface area (TPSA) is 6.48 Å². The minimum Gasteiger partial charge on any atom is -0.298 e. The second kappa shape index (κ2) is 5.27. The van der Waals surface area contributed by atoms with Crippen LogP contribution in [-0.4, -0.2) is 42.0 Å². The highest BCUT2D eigenvalue weighted by atomic mass is 79.9. The first-order chi connectivity index (χ1) is 8.74. The van der Waals surface area contributed by atoms with Crippen molar-refractivity contribution in [2.75, 3.05) is 26.2 Å². The van der Waals surface area contributed by atoms with Gasteiger partial charge in [0, 0.05) is 32.2 Å². The SMILES string of the molecule is Fc1cccc(CN2CCN3CCCC3C2)c1Br. The summed E-state index contributed by atoms with van der Waals surface area (Å²) in [6.07, 6.45) is 2.66. The quantitative estimate of drug-likeness (QED) is 0.828. The third-order valence-electron chi connectivity index (χ3n) is 4.10. The summed E-state index contributed by atoms with van der Waals surface area (Å²) in [6.45, 7) is 5.50. The van der Waals surface area contributed by atoms with Crippen LogP contribution < -0.4 is 0 Å². The fourth-order valence-corrected chi connectivity index (χ4v) is 3.50. The fraction of sp³-hybridized carbons (Fsp3) is 0.571. The zero-order chi connectivity index (χ0) is 12.5. The number of rotatable bonds is 2. The Kier molecular flexibility index (Phi) is 3.68. The largest absolute Gasteiger partial charge is 0.298 e. The predicted molar refractivity (Wildman–Crippen MR) is 74.0 cm³/mol. The lowest BCUT2D eigenvalue weighted by Crippen LogP contribution is -2.49. The predicted octanol–water partition coefficient (Wildman–Crippen LogP) is 2.87. The van der Waals surface area contributed by atoms with Crippen molar-refractivity contribution in [3.05, 3.63) is 34.1 Å². The maximum absolute atomic E-state index is 13.5. The van der Waals surface area contributed by atoms with Gasteiger partial charge in [0.1, 0.15) is 5.82 Å². The molecule has 2 fully saturated rings. The Hall–Kier alpha value is -0.450. The molecule has 2 aliphatic heterocycles. The molecule has 18 heavy (non-hydrogen) atoms. The van der Waals surface area contributed by atoms with Crippen LogP contribution in [0.1, 0.15) is 18.4 Å². The highest BCUT2D eigenvalue weighted by Gasteiger charge is 2.30. The molecule has 2 heterocycles. The number of fused-ring (bicyclic) bond motifs is 1. The third kappa shape index (κ3) is 2.46. The van der Waals surface area contributed by atoms with Gasteiger partial charge in [-0.1, -0.05) is 12.1 Å². The molecule has 0 spiro atoms. The van der Waals surface area contributed by atoms with Gasteiger partial charge in [-0.3, -0.25) is 9.80 Å². The molecular formula is C14H18BrFN2. The van der Waals surface area contributed by atoms with Crippen LogP contribution in [0.4, 0.5) is 4.39 Å². The molecule has 1 unspecified atom stereocenters. The summed E-state index contributed by atoms with van der Waals surface area (Å²) >= 11 is 3.35. The molecule has 2 nitrogen and oxygen atoms in total. The van der Waals surface area contributed by atoms with Gasteiger partial charge in [0.15, 0.2) is 0 Å². The van der Waals surface area contributed by atoms with Crippen molar-refractivity contribution in [1.29, 1.82) is 0 Å². The molecule has 0 aliphatic carbocycles. The van der Waals surface area contributed by atoms with Crippen LogP contribution in [0.2, 0.25) is 0 Å². The van der Waals surface area contributed by atoms with Gasteiger partial charge < -0.3 is 0 Å². The van der Waals surface area contributed by atoms with E-state index in [0.29, 0.717) is 4.47 Å². The summed E-state index contributed by atoms with van der Waals surface area (Å²) in [4.78, 5) is 5.04. The summed E-state index contributed by atoms with van der Waals surface area (Å²) < 4.78 is 14.1. The molecule has 0 amide bonds. The maximum atomic E-state index is 13.5. The highest BCUT2D eigenvalue weighted by molar-refractivity contribution is 9.10. The van der Waals surface area contributed by atoms with E-state index in [4.69, 9.17) is 0 Å². The van der Waals surface area contributed by atoms with Crippen molar-refractivity contribution in [2.45, 2.75) is 25.4 Å². The Labute approximate surface area is 116 Å². The molecule has 0 saturated carbocycles. The van der Waals surface area contributed by atoms with E-state index >= 15 is 0 Å². The second-order valence-electron chi connectivity index (χ2n) is 5.28. The molecule has 4 heteroatoms. The molecule has 98 valence electrons. The van der Waals surface area contributed by atoms with E-state index in [0.717, 1.165) is 37.8 Å². The third-order valence-corrected chi connectivity index (χ3v) is 4.99. The van der Waals surface area contributed by atoms with Gasteiger partial charge in [0.25, 0.3) is 0 Å². The fourth-order valence-electron chi connectivity index (χ4n) is 3.11. The second-order valence-corrected chi connectivity index (χ2v) is 6.07. The summed E-state index contributed by atoms with van der Waals surface area (Å²) in [7, 11) is 0. The van der Waals surface area contributed by atoms with Gasteiger partial charge in [0.05, 0.1) is 4.47 Å². The number of halogens is 2. The maximum Gasteiger partial charge on any atom is 0.137 e. The van der Waals surface area contributed by atoms with Crippen molar-refractivity contribution < 1.29 is 4.39 Å². The summed E-state index contributed by atoms with van der Waals surface area (Å²) in [6, 6.07) is 6.03. The minimum absolute atomic E-state index is 0.160. The summed E-state index contributed by atoms with van der Waals surface area (Å²) in [5.41, 5.74) is 1.06. The number of benzene rings is 1. The molecule has 0 aromatic heterocycles. The molecule has 1 aromatic carbocycles. The van der Waals surface area contributed by atoms with Crippen LogP contribution in [0.5, 0.6) is 0 Å². The molecule has 0 bridgehead atoms. The van der Waals surface area contributed by atoms with E-state index in [9.17, 15) is 4.39 Å². The molecule has 1 aromatic rings. The van der Waals surface area contributed by atoms with Crippen LogP contribution >= 0.6 is 15.9 Å². The van der Waals surface area contributed by atoms with Crippen LogP contribution in [0.15, 0.2) is 22.7 Å². The van der Waals surface area contributed by atoms with E-state index in [2.05, 4.69) is 25.7 Å². The van der Waals surface area contributed by atoms with Gasteiger partial charge in [-0.25, -0.2) is 4.39 Å². The van der Waals surface area contributed by atoms with Gasteiger partial charge in [-0.15, -0.1) is 0 Å². The zero-order valence-electron chi connectivity index (χ0n) is 10.4. The van der Waals surface area contributed by atoms with E-state index in [1.54, 1.807) is 6.07 Å². The average Bonchev–Trinajstić information content (AvgIpc) is 2.82. The molecular weight excluding hydrogens is 295 g/mol. The van der Waals surface area contributed by atoms with Crippen LogP contribution in [-0.2, 0) is 6.54 Å². The zero-order valence-corrected chi connectivity index (χ0v) is 12.0. The number of hydrogen-bond acceptors (Lipinski definition) is 2. The van der Waals surface area contributed by atoms with E-state index in [1.165, 1.54) is 25.5 Å². The monoisotopic (exact) mass is 312 g/mol. The van der Waals surface area contributed by atoms with Gasteiger partial charge in [-0.05, 0) is 46.9 Å². The molecule has 2 aliphatic rings. The first-order valence-electron chi connectivity index (χ1n) is 6.63. The first-order valence-corrected chi connectivity index (χ1v) is 7.42. The van der Waals surface area contributed by atoms with Crippen molar-refractivity contribution in [3.8, 4) is 0 Å². The molecule has 2 saturated heterocycles. The average molecular weight is 313 g/mol. The Bertz CT molecular complexity index is 438. The normalized spacial score (nSPS) is 25.3. The van der Waals surface area contributed by atoms with Gasteiger partial charge >= 0.3 is 0 Å². The van der Waals surface area contributed by atoms with Crippen LogP contribution in [0, 0.1) is 5.82 Å². The summed E-state index contributed by atoms with van der Waals surface area (Å²) in [5.74, 6) is -0.160. The smallest absolute Gasteiger partial charge is 0.137 e. The van der Waals surface area contributed by atoms with Crippen molar-refractivity contribution >= 4 is 15.9 Å². The van der Waals surface area contributed by atoms with Gasteiger partial charge in [-0.2, -0.15) is 0 Å². The Balaban J connectivity index is 1.68. The van der Waals surface area contributed by atoms with Crippen LogP contribution in [0.3, 0.4) is 0 Å². The van der Waals surface area contributed by atoms with E-state index in [-0.39, 0.29) is 5.82 Å². The Morgan fingerprint density at radius 1 is 1.28 bits per heavy atom. The van der Waals surface area contributed by atoms with Crippen molar-refractivity contribution in [3.63, 3.8) is 0 Å². The first kappa shape index (κ1) is 12.6. The van der Waals surface area contributed by atoms with Crippen molar-refractivity contribution in [1.82, 2.24) is 9.80 Å². The molecule has 3 rings (SSSR count). The number of piperazine rings is 1. The van der Waals surface area contributed by atoms with Gasteiger partial charge in [0.2, 0.25) is 0 Å². The highest BCUT2D eigenvalue weighted by Crippen LogP contribution is 2.25. The number of hydrogen-bond donors (Lipinski definition) is 0. The Morgan fingerprint density at radius 3 is 3.06 bits per heavy atom.